The number of imidazole rings is 1. The van der Waals surface area contributed by atoms with E-state index in [1.165, 1.54) is 6.07 Å². The van der Waals surface area contributed by atoms with Gasteiger partial charge in [0.05, 0.1) is 18.1 Å². The van der Waals surface area contributed by atoms with E-state index in [0.29, 0.717) is 25.5 Å². The number of H-pyrrole nitrogens is 1. The summed E-state index contributed by atoms with van der Waals surface area (Å²) in [5.74, 6) is -0.220. The Bertz CT molecular complexity index is 669. The number of nitrogens with zero attached hydrogens (tertiary/aromatic N) is 1. The molecule has 2 heterocycles. The molecule has 1 amide bonds. The number of halogens is 2. The first-order valence-electron chi connectivity index (χ1n) is 6.92. The summed E-state index contributed by atoms with van der Waals surface area (Å²) in [7, 11) is 0. The van der Waals surface area contributed by atoms with E-state index in [0.717, 1.165) is 0 Å². The van der Waals surface area contributed by atoms with Gasteiger partial charge in [0.2, 0.25) is 5.91 Å². The fourth-order valence-electron chi connectivity index (χ4n) is 2.61. The molecule has 1 aliphatic heterocycles. The normalized spacial score (nSPS) is 21.0. The lowest BCUT2D eigenvalue weighted by Gasteiger charge is -2.26. The second-order valence-electron chi connectivity index (χ2n) is 5.26. The van der Waals surface area contributed by atoms with Gasteiger partial charge in [0, 0.05) is 25.4 Å². The van der Waals surface area contributed by atoms with E-state index in [-0.39, 0.29) is 22.9 Å². The number of ether oxygens (including phenoxy) is 1. The molecular formula is C15H15ClFN3O2. The Morgan fingerprint density at radius 1 is 1.55 bits per heavy atom. The molecule has 22 heavy (non-hydrogen) atoms. The lowest BCUT2D eigenvalue weighted by Crippen LogP contribution is -2.48. The summed E-state index contributed by atoms with van der Waals surface area (Å²) in [6.45, 7) is 0.872. The number of carbonyl (C=O) groups is 1. The monoisotopic (exact) mass is 323 g/mol. The molecular weight excluding hydrogens is 309 g/mol. The third-order valence-corrected chi connectivity index (χ3v) is 4.03. The quantitative estimate of drug-likeness (QED) is 0.906. The second kappa shape index (κ2) is 6.06. The molecule has 5 nitrogen and oxygen atoms in total. The Hall–Kier alpha value is -1.92. The van der Waals surface area contributed by atoms with E-state index >= 15 is 0 Å². The zero-order valence-electron chi connectivity index (χ0n) is 11.7. The molecule has 0 spiro atoms. The molecule has 3 rings (SSSR count). The van der Waals surface area contributed by atoms with E-state index in [2.05, 4.69) is 15.3 Å². The van der Waals surface area contributed by atoms with Gasteiger partial charge in [-0.15, -0.1) is 0 Å². The van der Waals surface area contributed by atoms with Crippen molar-refractivity contribution in [1.29, 1.82) is 0 Å². The Labute approximate surface area is 131 Å². The predicted molar refractivity (Wildman–Crippen MR) is 79.0 cm³/mol. The maximum Gasteiger partial charge on any atom is 0.225 e. The van der Waals surface area contributed by atoms with Crippen LogP contribution < -0.4 is 5.32 Å². The van der Waals surface area contributed by atoms with Gasteiger partial charge in [-0.2, -0.15) is 0 Å². The molecule has 0 saturated carbocycles. The topological polar surface area (TPSA) is 67.0 Å². The Morgan fingerprint density at radius 2 is 2.41 bits per heavy atom. The number of aromatic nitrogens is 2. The standard InChI is InChI=1S/C15H15ClFN3O2/c16-11-3-1-2-10(13(11)17)8-12(21)20-15(4-7-22-9-15)14-18-5-6-19-14/h1-3,5-6H,4,7-9H2,(H,18,19)(H,20,21). The van der Waals surface area contributed by atoms with Gasteiger partial charge < -0.3 is 15.0 Å². The highest BCUT2D eigenvalue weighted by molar-refractivity contribution is 6.30. The van der Waals surface area contributed by atoms with Crippen LogP contribution in [0, 0.1) is 5.82 Å². The molecule has 1 saturated heterocycles. The van der Waals surface area contributed by atoms with Crippen LogP contribution in [0.4, 0.5) is 4.39 Å². The molecule has 2 aromatic rings. The van der Waals surface area contributed by atoms with Crippen LogP contribution in [-0.4, -0.2) is 29.1 Å². The van der Waals surface area contributed by atoms with Gasteiger partial charge in [-0.1, -0.05) is 23.7 Å². The van der Waals surface area contributed by atoms with Crippen molar-refractivity contribution in [2.24, 2.45) is 0 Å². The summed E-state index contributed by atoms with van der Waals surface area (Å²) in [5.41, 5.74) is -0.422. The third-order valence-electron chi connectivity index (χ3n) is 3.73. The molecule has 7 heteroatoms. The highest BCUT2D eigenvalue weighted by atomic mass is 35.5. The molecule has 116 valence electrons. The minimum Gasteiger partial charge on any atom is -0.378 e. The molecule has 1 aromatic carbocycles. The van der Waals surface area contributed by atoms with E-state index in [4.69, 9.17) is 16.3 Å². The minimum atomic E-state index is -0.685. The van der Waals surface area contributed by atoms with Gasteiger partial charge in [-0.25, -0.2) is 9.37 Å². The summed E-state index contributed by atoms with van der Waals surface area (Å²) in [6.07, 6.45) is 3.84. The van der Waals surface area contributed by atoms with Gasteiger partial charge in [0.1, 0.15) is 17.2 Å². The molecule has 1 fully saturated rings. The van der Waals surface area contributed by atoms with Crippen LogP contribution >= 0.6 is 11.6 Å². The highest BCUT2D eigenvalue weighted by Crippen LogP contribution is 2.28. The van der Waals surface area contributed by atoms with Crippen LogP contribution in [0.3, 0.4) is 0 Å². The highest BCUT2D eigenvalue weighted by Gasteiger charge is 2.40. The van der Waals surface area contributed by atoms with E-state index in [9.17, 15) is 9.18 Å². The lowest BCUT2D eigenvalue weighted by atomic mass is 9.97. The molecule has 1 aliphatic rings. The average molecular weight is 324 g/mol. The molecule has 1 aromatic heterocycles. The largest absolute Gasteiger partial charge is 0.378 e. The average Bonchev–Trinajstić information content (AvgIpc) is 3.15. The predicted octanol–water partition coefficient (Wildman–Crippen LogP) is 2.18. The van der Waals surface area contributed by atoms with Crippen LogP contribution in [0.15, 0.2) is 30.6 Å². The van der Waals surface area contributed by atoms with Gasteiger partial charge >= 0.3 is 0 Å². The van der Waals surface area contributed by atoms with E-state index < -0.39 is 11.4 Å². The van der Waals surface area contributed by atoms with Gasteiger partial charge in [-0.3, -0.25) is 4.79 Å². The lowest BCUT2D eigenvalue weighted by molar-refractivity contribution is -0.122. The summed E-state index contributed by atoms with van der Waals surface area (Å²) >= 11 is 5.73. The summed E-state index contributed by atoms with van der Waals surface area (Å²) in [6, 6.07) is 4.62. The van der Waals surface area contributed by atoms with Crippen molar-refractivity contribution < 1.29 is 13.9 Å². The number of hydrogen-bond acceptors (Lipinski definition) is 3. The number of rotatable bonds is 4. The van der Waals surface area contributed by atoms with Crippen LogP contribution in [-0.2, 0) is 21.5 Å². The van der Waals surface area contributed by atoms with Gasteiger partial charge in [-0.05, 0) is 11.6 Å². The second-order valence-corrected chi connectivity index (χ2v) is 5.67. The zero-order valence-corrected chi connectivity index (χ0v) is 12.5. The number of nitrogens with one attached hydrogen (secondary N) is 2. The number of amides is 1. The number of benzene rings is 1. The van der Waals surface area contributed by atoms with Crippen LogP contribution in [0.1, 0.15) is 17.8 Å². The molecule has 1 atom stereocenters. The third kappa shape index (κ3) is 2.84. The van der Waals surface area contributed by atoms with Crippen molar-refractivity contribution >= 4 is 17.5 Å². The van der Waals surface area contributed by atoms with Crippen LogP contribution in [0.2, 0.25) is 5.02 Å². The molecule has 0 radical (unpaired) electrons. The van der Waals surface area contributed by atoms with Gasteiger partial charge in [0.15, 0.2) is 0 Å². The van der Waals surface area contributed by atoms with Crippen molar-refractivity contribution in [1.82, 2.24) is 15.3 Å². The smallest absolute Gasteiger partial charge is 0.225 e. The van der Waals surface area contributed by atoms with Crippen molar-refractivity contribution in [2.45, 2.75) is 18.4 Å². The van der Waals surface area contributed by atoms with E-state index in [1.807, 2.05) is 0 Å². The summed E-state index contributed by atoms with van der Waals surface area (Å²) < 4.78 is 19.3. The summed E-state index contributed by atoms with van der Waals surface area (Å²) in [4.78, 5) is 19.5. The van der Waals surface area contributed by atoms with Crippen molar-refractivity contribution in [3.05, 3.63) is 52.8 Å². The Balaban J connectivity index is 1.77. The zero-order chi connectivity index (χ0) is 15.6. The first kappa shape index (κ1) is 15.0. The summed E-state index contributed by atoms with van der Waals surface area (Å²) in [5, 5.41) is 2.93. The minimum absolute atomic E-state index is 0.00949. The number of aromatic amines is 1. The molecule has 1 unspecified atom stereocenters. The fourth-order valence-corrected chi connectivity index (χ4v) is 2.80. The van der Waals surface area contributed by atoms with E-state index in [1.54, 1.807) is 24.5 Å². The maximum absolute atomic E-state index is 13.9. The molecule has 0 bridgehead atoms. The molecule has 0 aliphatic carbocycles. The number of carbonyl (C=O) groups excluding carboxylic acids is 1. The SMILES string of the molecule is O=C(Cc1cccc(Cl)c1F)NC1(c2ncc[nH]2)CCOC1. The maximum atomic E-state index is 13.9. The fraction of sp³-hybridized carbons (Fsp3) is 0.333. The Morgan fingerprint density at radius 3 is 3.09 bits per heavy atom. The number of hydrogen-bond donors (Lipinski definition) is 2. The van der Waals surface area contributed by atoms with Crippen molar-refractivity contribution in [3.8, 4) is 0 Å². The van der Waals surface area contributed by atoms with Crippen LogP contribution in [0.25, 0.3) is 0 Å². The first-order valence-corrected chi connectivity index (χ1v) is 7.30. The van der Waals surface area contributed by atoms with Crippen LogP contribution in [0.5, 0.6) is 0 Å². The Kier molecular flexibility index (Phi) is 4.13. The van der Waals surface area contributed by atoms with Gasteiger partial charge in [0.25, 0.3) is 0 Å². The van der Waals surface area contributed by atoms with Crippen molar-refractivity contribution in [3.63, 3.8) is 0 Å². The van der Waals surface area contributed by atoms with Crippen molar-refractivity contribution in [2.75, 3.05) is 13.2 Å². The molecule has 2 N–H and O–H groups in total. The first-order chi connectivity index (χ1) is 10.6.